The quantitative estimate of drug-likeness (QED) is 0.829. The lowest BCUT2D eigenvalue weighted by atomic mass is 10.1. The standard InChI is InChI=1S/C15H20N4S/c1-12(2)18-15(20)17-9-13-5-3-4-6-14(13)10-19-8-7-16-11-19/h3-8,11-12H,9-10H2,1-2H3,(H2,17,18,20). The zero-order chi connectivity index (χ0) is 14.4. The van der Waals surface area contributed by atoms with Crippen LogP contribution in [-0.2, 0) is 13.1 Å². The van der Waals surface area contributed by atoms with Crippen LogP contribution in [0.25, 0.3) is 0 Å². The van der Waals surface area contributed by atoms with Crippen LogP contribution in [0.15, 0.2) is 43.0 Å². The van der Waals surface area contributed by atoms with Gasteiger partial charge in [-0.2, -0.15) is 0 Å². The Hall–Kier alpha value is -1.88. The summed E-state index contributed by atoms with van der Waals surface area (Å²) in [6, 6.07) is 8.71. The number of nitrogens with one attached hydrogen (secondary N) is 2. The molecule has 0 amide bonds. The SMILES string of the molecule is CC(C)NC(=S)NCc1ccccc1Cn1ccnc1. The van der Waals surface area contributed by atoms with Crippen molar-refractivity contribution < 1.29 is 0 Å². The molecule has 1 aromatic carbocycles. The maximum atomic E-state index is 5.25. The lowest BCUT2D eigenvalue weighted by Crippen LogP contribution is -2.38. The number of imidazole rings is 1. The minimum atomic E-state index is 0.344. The molecule has 20 heavy (non-hydrogen) atoms. The molecule has 5 heteroatoms. The van der Waals surface area contributed by atoms with E-state index in [1.54, 1.807) is 6.20 Å². The fraction of sp³-hybridized carbons (Fsp3) is 0.333. The first-order chi connectivity index (χ1) is 9.65. The Bertz CT molecular complexity index is 549. The van der Waals surface area contributed by atoms with Gasteiger partial charge in [0.25, 0.3) is 0 Å². The van der Waals surface area contributed by atoms with E-state index in [1.807, 2.05) is 18.6 Å². The maximum absolute atomic E-state index is 5.25. The van der Waals surface area contributed by atoms with Gasteiger partial charge in [0, 0.05) is 31.5 Å². The van der Waals surface area contributed by atoms with E-state index in [0.717, 1.165) is 13.1 Å². The van der Waals surface area contributed by atoms with E-state index >= 15 is 0 Å². The molecule has 0 saturated heterocycles. The molecule has 0 radical (unpaired) electrons. The van der Waals surface area contributed by atoms with Crippen molar-refractivity contribution in [3.05, 3.63) is 54.1 Å². The summed E-state index contributed by atoms with van der Waals surface area (Å²) in [5, 5.41) is 7.12. The minimum absolute atomic E-state index is 0.344. The molecule has 2 rings (SSSR count). The number of benzene rings is 1. The monoisotopic (exact) mass is 288 g/mol. The summed E-state index contributed by atoms with van der Waals surface area (Å²) in [5.41, 5.74) is 2.51. The maximum Gasteiger partial charge on any atom is 0.166 e. The van der Waals surface area contributed by atoms with Gasteiger partial charge in [0.05, 0.1) is 6.33 Å². The molecular formula is C15H20N4S. The van der Waals surface area contributed by atoms with Crippen LogP contribution < -0.4 is 10.6 Å². The number of rotatable bonds is 5. The van der Waals surface area contributed by atoms with Gasteiger partial charge in [-0.05, 0) is 37.2 Å². The van der Waals surface area contributed by atoms with Crippen molar-refractivity contribution in [1.82, 2.24) is 20.2 Å². The largest absolute Gasteiger partial charge is 0.361 e. The summed E-state index contributed by atoms with van der Waals surface area (Å²) in [5.74, 6) is 0. The second kappa shape index (κ2) is 7.05. The first-order valence-electron chi connectivity index (χ1n) is 6.72. The van der Waals surface area contributed by atoms with E-state index in [2.05, 4.69) is 52.2 Å². The molecule has 106 valence electrons. The third-order valence-corrected chi connectivity index (χ3v) is 3.15. The summed E-state index contributed by atoms with van der Waals surface area (Å²) in [7, 11) is 0. The van der Waals surface area contributed by atoms with Gasteiger partial charge in [-0.1, -0.05) is 24.3 Å². The highest BCUT2D eigenvalue weighted by atomic mass is 32.1. The van der Waals surface area contributed by atoms with E-state index in [0.29, 0.717) is 11.2 Å². The predicted molar refractivity (Wildman–Crippen MR) is 85.5 cm³/mol. The van der Waals surface area contributed by atoms with Gasteiger partial charge < -0.3 is 15.2 Å². The molecular weight excluding hydrogens is 268 g/mol. The van der Waals surface area contributed by atoms with E-state index < -0.39 is 0 Å². The fourth-order valence-corrected chi connectivity index (χ4v) is 2.26. The van der Waals surface area contributed by atoms with Crippen LogP contribution >= 0.6 is 12.2 Å². The van der Waals surface area contributed by atoms with Crippen molar-refractivity contribution in [1.29, 1.82) is 0 Å². The molecule has 1 heterocycles. The summed E-state index contributed by atoms with van der Waals surface area (Å²) < 4.78 is 2.06. The Balaban J connectivity index is 1.99. The predicted octanol–water partition coefficient (Wildman–Crippen LogP) is 2.30. The van der Waals surface area contributed by atoms with Crippen molar-refractivity contribution in [2.45, 2.75) is 33.0 Å². The summed E-state index contributed by atoms with van der Waals surface area (Å²) in [6.45, 7) is 5.69. The van der Waals surface area contributed by atoms with Gasteiger partial charge in [-0.25, -0.2) is 4.98 Å². The van der Waals surface area contributed by atoms with Gasteiger partial charge in [0.2, 0.25) is 0 Å². The highest BCUT2D eigenvalue weighted by molar-refractivity contribution is 7.80. The second-order valence-corrected chi connectivity index (χ2v) is 5.39. The van der Waals surface area contributed by atoms with Crippen LogP contribution in [0.4, 0.5) is 0 Å². The fourth-order valence-electron chi connectivity index (χ4n) is 1.95. The molecule has 0 fully saturated rings. The molecule has 0 atom stereocenters. The summed E-state index contributed by atoms with van der Waals surface area (Å²) in [6.07, 6.45) is 5.59. The van der Waals surface area contributed by atoms with Crippen molar-refractivity contribution >= 4 is 17.3 Å². The van der Waals surface area contributed by atoms with Gasteiger partial charge >= 0.3 is 0 Å². The van der Waals surface area contributed by atoms with Gasteiger partial charge in [0.1, 0.15) is 0 Å². The zero-order valence-electron chi connectivity index (χ0n) is 11.8. The number of nitrogens with zero attached hydrogens (tertiary/aromatic N) is 2. The lowest BCUT2D eigenvalue weighted by molar-refractivity contribution is 0.709. The van der Waals surface area contributed by atoms with Crippen molar-refractivity contribution in [3.63, 3.8) is 0 Å². The molecule has 0 bridgehead atoms. The van der Waals surface area contributed by atoms with E-state index in [1.165, 1.54) is 11.1 Å². The Morgan fingerprint density at radius 3 is 2.70 bits per heavy atom. The van der Waals surface area contributed by atoms with Crippen molar-refractivity contribution in [3.8, 4) is 0 Å². The highest BCUT2D eigenvalue weighted by Gasteiger charge is 2.04. The van der Waals surface area contributed by atoms with Gasteiger partial charge in [-0.3, -0.25) is 0 Å². The van der Waals surface area contributed by atoms with E-state index in [-0.39, 0.29) is 0 Å². The van der Waals surface area contributed by atoms with Crippen molar-refractivity contribution in [2.24, 2.45) is 0 Å². The molecule has 0 aliphatic heterocycles. The van der Waals surface area contributed by atoms with Crippen LogP contribution in [0.2, 0.25) is 0 Å². The molecule has 0 aliphatic rings. The smallest absolute Gasteiger partial charge is 0.166 e. The van der Waals surface area contributed by atoms with Crippen molar-refractivity contribution in [2.75, 3.05) is 0 Å². The van der Waals surface area contributed by atoms with Crippen LogP contribution in [0, 0.1) is 0 Å². The Morgan fingerprint density at radius 1 is 1.30 bits per heavy atom. The average molecular weight is 288 g/mol. The van der Waals surface area contributed by atoms with Gasteiger partial charge in [-0.15, -0.1) is 0 Å². The molecule has 1 aromatic heterocycles. The Morgan fingerprint density at radius 2 is 2.05 bits per heavy atom. The molecule has 2 N–H and O–H groups in total. The molecule has 0 spiro atoms. The van der Waals surface area contributed by atoms with E-state index in [9.17, 15) is 0 Å². The summed E-state index contributed by atoms with van der Waals surface area (Å²) in [4.78, 5) is 4.07. The molecule has 2 aromatic rings. The third kappa shape index (κ3) is 4.35. The topological polar surface area (TPSA) is 41.9 Å². The first kappa shape index (κ1) is 14.5. The van der Waals surface area contributed by atoms with Crippen LogP contribution in [0.5, 0.6) is 0 Å². The first-order valence-corrected chi connectivity index (χ1v) is 7.13. The lowest BCUT2D eigenvalue weighted by Gasteiger charge is -2.15. The van der Waals surface area contributed by atoms with Gasteiger partial charge in [0.15, 0.2) is 5.11 Å². The Labute approximate surface area is 125 Å². The van der Waals surface area contributed by atoms with Crippen LogP contribution in [-0.4, -0.2) is 20.7 Å². The third-order valence-electron chi connectivity index (χ3n) is 2.89. The number of thiocarbonyl (C=S) groups is 1. The van der Waals surface area contributed by atoms with Crippen LogP contribution in [0.3, 0.4) is 0 Å². The minimum Gasteiger partial charge on any atom is -0.361 e. The molecule has 0 aliphatic carbocycles. The molecule has 0 unspecified atom stereocenters. The molecule has 0 saturated carbocycles. The Kier molecular flexibility index (Phi) is 5.12. The highest BCUT2D eigenvalue weighted by Crippen LogP contribution is 2.10. The molecule has 4 nitrogen and oxygen atoms in total. The summed E-state index contributed by atoms with van der Waals surface area (Å²) >= 11 is 5.25. The number of aromatic nitrogens is 2. The second-order valence-electron chi connectivity index (χ2n) is 4.99. The average Bonchev–Trinajstić information content (AvgIpc) is 2.90. The van der Waals surface area contributed by atoms with E-state index in [4.69, 9.17) is 12.2 Å². The normalized spacial score (nSPS) is 10.6. The van der Waals surface area contributed by atoms with Crippen LogP contribution in [0.1, 0.15) is 25.0 Å². The number of hydrogen-bond acceptors (Lipinski definition) is 2. The zero-order valence-corrected chi connectivity index (χ0v) is 12.7. The number of hydrogen-bond donors (Lipinski definition) is 2.